The van der Waals surface area contributed by atoms with E-state index in [1.165, 1.54) is 11.3 Å². The molecule has 0 aliphatic heterocycles. The van der Waals surface area contributed by atoms with Crippen LogP contribution >= 0.6 is 11.3 Å². The molecule has 0 fully saturated rings. The van der Waals surface area contributed by atoms with E-state index in [0.29, 0.717) is 27.9 Å². The van der Waals surface area contributed by atoms with E-state index >= 15 is 0 Å². The molecule has 0 bridgehead atoms. The van der Waals surface area contributed by atoms with Crippen molar-refractivity contribution in [2.75, 3.05) is 19.5 Å². The summed E-state index contributed by atoms with van der Waals surface area (Å²) in [6.07, 6.45) is 0. The first-order valence-electron chi connectivity index (χ1n) is 8.15. The summed E-state index contributed by atoms with van der Waals surface area (Å²) in [5.74, 6) is 1.78. The SMILES string of the molecule is COc1cccc(C(=O)Nc2nc(-c3cc4cc(OC)ccc4o3)cs2)c1. The van der Waals surface area contributed by atoms with Gasteiger partial charge in [-0.15, -0.1) is 11.3 Å². The summed E-state index contributed by atoms with van der Waals surface area (Å²) in [5.41, 5.74) is 1.92. The maximum absolute atomic E-state index is 12.4. The highest BCUT2D eigenvalue weighted by Crippen LogP contribution is 2.32. The lowest BCUT2D eigenvalue weighted by atomic mass is 10.2. The topological polar surface area (TPSA) is 73.6 Å². The van der Waals surface area contributed by atoms with Gasteiger partial charge in [0.1, 0.15) is 22.8 Å². The molecule has 0 aliphatic carbocycles. The van der Waals surface area contributed by atoms with Crippen molar-refractivity contribution in [3.8, 4) is 23.0 Å². The zero-order chi connectivity index (χ0) is 18.8. The molecule has 1 amide bonds. The lowest BCUT2D eigenvalue weighted by Crippen LogP contribution is -2.11. The van der Waals surface area contributed by atoms with E-state index in [-0.39, 0.29) is 5.91 Å². The smallest absolute Gasteiger partial charge is 0.257 e. The van der Waals surface area contributed by atoms with Crippen LogP contribution in [0.2, 0.25) is 0 Å². The molecule has 4 aromatic rings. The standard InChI is InChI=1S/C20H16N2O4S/c1-24-14-5-3-4-12(8-14)19(23)22-20-21-16(11-27-20)18-10-13-9-15(25-2)6-7-17(13)26-18/h3-11H,1-2H3,(H,21,22,23). The van der Waals surface area contributed by atoms with E-state index < -0.39 is 0 Å². The average Bonchev–Trinajstić information content (AvgIpc) is 3.33. The first kappa shape index (κ1) is 17.1. The number of carbonyl (C=O) groups is 1. The van der Waals surface area contributed by atoms with Gasteiger partial charge in [0.15, 0.2) is 10.9 Å². The summed E-state index contributed by atoms with van der Waals surface area (Å²) in [6, 6.07) is 14.5. The van der Waals surface area contributed by atoms with Crippen LogP contribution in [0.15, 0.2) is 58.3 Å². The Hall–Kier alpha value is -3.32. The summed E-state index contributed by atoms with van der Waals surface area (Å²) in [7, 11) is 3.19. The predicted molar refractivity (Wildman–Crippen MR) is 105 cm³/mol. The fraction of sp³-hybridized carbons (Fsp3) is 0.100. The number of carbonyl (C=O) groups excluding carboxylic acids is 1. The molecule has 7 heteroatoms. The van der Waals surface area contributed by atoms with Crippen molar-refractivity contribution in [3.05, 3.63) is 59.5 Å². The van der Waals surface area contributed by atoms with Gasteiger partial charge < -0.3 is 13.9 Å². The Morgan fingerprint density at radius 1 is 1.07 bits per heavy atom. The largest absolute Gasteiger partial charge is 0.497 e. The number of furan rings is 1. The molecule has 0 radical (unpaired) electrons. The van der Waals surface area contributed by atoms with Crippen LogP contribution in [0.25, 0.3) is 22.4 Å². The van der Waals surface area contributed by atoms with Crippen LogP contribution in [0.4, 0.5) is 5.13 Å². The van der Waals surface area contributed by atoms with Crippen molar-refractivity contribution in [2.45, 2.75) is 0 Å². The Morgan fingerprint density at radius 2 is 1.89 bits per heavy atom. The number of thiazole rings is 1. The normalized spacial score (nSPS) is 10.7. The van der Waals surface area contributed by atoms with Crippen LogP contribution in [0.5, 0.6) is 11.5 Å². The van der Waals surface area contributed by atoms with Crippen molar-refractivity contribution in [1.29, 1.82) is 0 Å². The minimum Gasteiger partial charge on any atom is -0.497 e. The minimum atomic E-state index is -0.246. The zero-order valence-corrected chi connectivity index (χ0v) is 15.5. The van der Waals surface area contributed by atoms with E-state index in [0.717, 1.165) is 16.7 Å². The van der Waals surface area contributed by atoms with Gasteiger partial charge in [0.2, 0.25) is 0 Å². The molecule has 2 aromatic heterocycles. The van der Waals surface area contributed by atoms with Crippen molar-refractivity contribution >= 4 is 33.3 Å². The molecule has 0 atom stereocenters. The summed E-state index contributed by atoms with van der Waals surface area (Å²) in [6.45, 7) is 0. The molecular weight excluding hydrogens is 364 g/mol. The Balaban J connectivity index is 1.55. The van der Waals surface area contributed by atoms with Crippen LogP contribution in [-0.4, -0.2) is 25.1 Å². The molecule has 27 heavy (non-hydrogen) atoms. The highest BCUT2D eigenvalue weighted by Gasteiger charge is 2.13. The second-order valence-electron chi connectivity index (χ2n) is 5.74. The number of aromatic nitrogens is 1. The third-order valence-electron chi connectivity index (χ3n) is 4.03. The van der Waals surface area contributed by atoms with Gasteiger partial charge in [0, 0.05) is 16.3 Å². The fourth-order valence-corrected chi connectivity index (χ4v) is 3.35. The summed E-state index contributed by atoms with van der Waals surface area (Å²) < 4.78 is 16.2. The predicted octanol–water partition coefficient (Wildman–Crippen LogP) is 4.83. The molecule has 0 saturated heterocycles. The van der Waals surface area contributed by atoms with Gasteiger partial charge in [-0.05, 0) is 42.5 Å². The number of benzene rings is 2. The maximum Gasteiger partial charge on any atom is 0.257 e. The number of nitrogens with zero attached hydrogens (tertiary/aromatic N) is 1. The third kappa shape index (κ3) is 3.50. The first-order valence-corrected chi connectivity index (χ1v) is 9.03. The number of rotatable bonds is 5. The number of ether oxygens (including phenoxy) is 2. The van der Waals surface area contributed by atoms with E-state index in [4.69, 9.17) is 13.9 Å². The van der Waals surface area contributed by atoms with Crippen LogP contribution < -0.4 is 14.8 Å². The molecule has 0 aliphatic rings. The van der Waals surface area contributed by atoms with Gasteiger partial charge >= 0.3 is 0 Å². The second kappa shape index (κ2) is 7.13. The zero-order valence-electron chi connectivity index (χ0n) is 14.7. The second-order valence-corrected chi connectivity index (χ2v) is 6.60. The van der Waals surface area contributed by atoms with Crippen molar-refractivity contribution < 1.29 is 18.7 Å². The van der Waals surface area contributed by atoms with Crippen LogP contribution in [0.1, 0.15) is 10.4 Å². The number of hydrogen-bond acceptors (Lipinski definition) is 6. The summed E-state index contributed by atoms with van der Waals surface area (Å²) >= 11 is 1.34. The molecule has 136 valence electrons. The van der Waals surface area contributed by atoms with Gasteiger partial charge in [-0.1, -0.05) is 6.07 Å². The van der Waals surface area contributed by atoms with Gasteiger partial charge in [-0.25, -0.2) is 4.98 Å². The van der Waals surface area contributed by atoms with E-state index in [2.05, 4.69) is 10.3 Å². The van der Waals surface area contributed by atoms with Crippen molar-refractivity contribution in [3.63, 3.8) is 0 Å². The van der Waals surface area contributed by atoms with Gasteiger partial charge in [-0.2, -0.15) is 0 Å². The highest BCUT2D eigenvalue weighted by atomic mass is 32.1. The Morgan fingerprint density at radius 3 is 2.70 bits per heavy atom. The van der Waals surface area contributed by atoms with E-state index in [1.807, 2.05) is 29.6 Å². The monoisotopic (exact) mass is 380 g/mol. The average molecular weight is 380 g/mol. The van der Waals surface area contributed by atoms with Gasteiger partial charge in [0.05, 0.1) is 14.2 Å². The molecule has 1 N–H and O–H groups in total. The van der Waals surface area contributed by atoms with E-state index in [1.54, 1.807) is 38.5 Å². The molecule has 2 aromatic carbocycles. The minimum absolute atomic E-state index is 0.246. The molecule has 6 nitrogen and oxygen atoms in total. The molecule has 0 unspecified atom stereocenters. The van der Waals surface area contributed by atoms with Crippen LogP contribution in [0, 0.1) is 0 Å². The first-order chi connectivity index (χ1) is 13.2. The maximum atomic E-state index is 12.4. The Bertz CT molecular complexity index is 1120. The molecule has 0 saturated carbocycles. The van der Waals surface area contributed by atoms with E-state index in [9.17, 15) is 4.79 Å². The quantitative estimate of drug-likeness (QED) is 0.537. The van der Waals surface area contributed by atoms with Crippen molar-refractivity contribution in [1.82, 2.24) is 4.98 Å². The molecule has 2 heterocycles. The number of hydrogen-bond donors (Lipinski definition) is 1. The van der Waals surface area contributed by atoms with Crippen LogP contribution in [0.3, 0.4) is 0 Å². The summed E-state index contributed by atoms with van der Waals surface area (Å²) in [5, 5.41) is 6.07. The number of fused-ring (bicyclic) bond motifs is 1. The number of anilines is 1. The Kier molecular flexibility index (Phi) is 4.52. The van der Waals surface area contributed by atoms with Crippen LogP contribution in [-0.2, 0) is 0 Å². The molecular formula is C20H16N2O4S. The van der Waals surface area contributed by atoms with Gasteiger partial charge in [0.25, 0.3) is 5.91 Å². The van der Waals surface area contributed by atoms with Crippen molar-refractivity contribution in [2.24, 2.45) is 0 Å². The Labute approximate surface area is 159 Å². The highest BCUT2D eigenvalue weighted by molar-refractivity contribution is 7.14. The number of amides is 1. The van der Waals surface area contributed by atoms with Gasteiger partial charge in [-0.3, -0.25) is 10.1 Å². The number of nitrogens with one attached hydrogen (secondary N) is 1. The summed E-state index contributed by atoms with van der Waals surface area (Å²) in [4.78, 5) is 16.9. The lowest BCUT2D eigenvalue weighted by Gasteiger charge is -2.04. The third-order valence-corrected chi connectivity index (χ3v) is 4.79. The molecule has 4 rings (SSSR count). The lowest BCUT2D eigenvalue weighted by molar-refractivity contribution is 0.102. The fourth-order valence-electron chi connectivity index (χ4n) is 2.65. The number of methoxy groups -OCH3 is 2. The molecule has 0 spiro atoms.